The molecule has 8 heteroatoms. The molecule has 1 aliphatic rings. The summed E-state index contributed by atoms with van der Waals surface area (Å²) in [6, 6.07) is 13.2. The van der Waals surface area contributed by atoms with E-state index < -0.39 is 10.0 Å². The number of nitrogens with zero attached hydrogens (tertiary/aromatic N) is 1. The SMILES string of the molecule is O=C(Nc1cccc(Br)c1)c1cccc(S(=O)(=O)N2CCCC(CO)C2)c1. The maximum absolute atomic E-state index is 12.9. The van der Waals surface area contributed by atoms with Crippen LogP contribution < -0.4 is 5.32 Å². The number of carbonyl (C=O) groups excluding carboxylic acids is 1. The molecule has 1 saturated heterocycles. The van der Waals surface area contributed by atoms with Crippen LogP contribution in [0.3, 0.4) is 0 Å². The highest BCUT2D eigenvalue weighted by molar-refractivity contribution is 9.10. The van der Waals surface area contributed by atoms with E-state index in [1.165, 1.54) is 16.4 Å². The summed E-state index contributed by atoms with van der Waals surface area (Å²) in [5, 5.41) is 12.1. The number of aliphatic hydroxyl groups excluding tert-OH is 1. The molecule has 0 saturated carbocycles. The summed E-state index contributed by atoms with van der Waals surface area (Å²) in [6.07, 6.45) is 1.53. The number of anilines is 1. The van der Waals surface area contributed by atoms with Gasteiger partial charge in [0.1, 0.15) is 0 Å². The van der Waals surface area contributed by atoms with Gasteiger partial charge in [-0.2, -0.15) is 4.31 Å². The summed E-state index contributed by atoms with van der Waals surface area (Å²) in [4.78, 5) is 12.6. The predicted octanol–water partition coefficient (Wildman–Crippen LogP) is 3.09. The van der Waals surface area contributed by atoms with Crippen LogP contribution in [0.4, 0.5) is 5.69 Å². The molecular weight excluding hydrogens is 432 g/mol. The van der Waals surface area contributed by atoms with Gasteiger partial charge in [-0.1, -0.05) is 28.1 Å². The van der Waals surface area contributed by atoms with Crippen molar-refractivity contribution in [1.82, 2.24) is 4.31 Å². The average molecular weight is 453 g/mol. The van der Waals surface area contributed by atoms with E-state index in [1.54, 1.807) is 30.3 Å². The summed E-state index contributed by atoms with van der Waals surface area (Å²) in [5.41, 5.74) is 0.885. The highest BCUT2D eigenvalue weighted by Gasteiger charge is 2.30. The maximum atomic E-state index is 12.9. The topological polar surface area (TPSA) is 86.7 Å². The molecule has 0 radical (unpaired) electrons. The van der Waals surface area contributed by atoms with E-state index in [4.69, 9.17) is 0 Å². The standard InChI is InChI=1S/C19H21BrN2O4S/c20-16-6-2-7-17(11-16)21-19(24)15-5-1-8-18(10-15)27(25,26)22-9-3-4-14(12-22)13-23/h1-2,5-8,10-11,14,23H,3-4,9,12-13H2,(H,21,24). The normalized spacial score (nSPS) is 18.2. The summed E-state index contributed by atoms with van der Waals surface area (Å²) >= 11 is 3.35. The lowest BCUT2D eigenvalue weighted by molar-refractivity contribution is 0.102. The van der Waals surface area contributed by atoms with Crippen LogP contribution in [0.25, 0.3) is 0 Å². The second kappa shape index (κ2) is 8.52. The van der Waals surface area contributed by atoms with Gasteiger partial charge < -0.3 is 10.4 Å². The molecule has 2 aromatic rings. The molecule has 2 N–H and O–H groups in total. The number of halogens is 1. The van der Waals surface area contributed by atoms with Gasteiger partial charge in [0.25, 0.3) is 5.91 Å². The summed E-state index contributed by atoms with van der Waals surface area (Å²) in [7, 11) is -3.71. The lowest BCUT2D eigenvalue weighted by Gasteiger charge is -2.31. The van der Waals surface area contributed by atoms with Gasteiger partial charge in [0.05, 0.1) is 4.90 Å². The summed E-state index contributed by atoms with van der Waals surface area (Å²) in [5.74, 6) is -0.423. The molecule has 1 fully saturated rings. The van der Waals surface area contributed by atoms with Crippen molar-refractivity contribution in [3.63, 3.8) is 0 Å². The molecule has 1 amide bonds. The molecule has 0 bridgehead atoms. The monoisotopic (exact) mass is 452 g/mol. The van der Waals surface area contributed by atoms with Crippen molar-refractivity contribution in [2.75, 3.05) is 25.0 Å². The molecule has 0 spiro atoms. The van der Waals surface area contributed by atoms with Gasteiger partial charge in [0, 0.05) is 35.4 Å². The minimum atomic E-state index is -3.71. The molecule has 0 aromatic heterocycles. The van der Waals surface area contributed by atoms with Crippen LogP contribution in [-0.2, 0) is 10.0 Å². The minimum absolute atomic E-state index is 0.0267. The summed E-state index contributed by atoms with van der Waals surface area (Å²) < 4.78 is 28.1. The van der Waals surface area contributed by atoms with E-state index >= 15 is 0 Å². The zero-order valence-corrected chi connectivity index (χ0v) is 17.0. The third-order valence-corrected chi connectivity index (χ3v) is 6.91. The van der Waals surface area contributed by atoms with Gasteiger partial charge in [0.15, 0.2) is 0 Å². The fourth-order valence-electron chi connectivity index (χ4n) is 3.11. The number of nitrogens with one attached hydrogen (secondary N) is 1. The van der Waals surface area contributed by atoms with E-state index in [0.717, 1.165) is 10.9 Å². The Bertz CT molecular complexity index is 933. The molecule has 2 aromatic carbocycles. The molecule has 27 heavy (non-hydrogen) atoms. The van der Waals surface area contributed by atoms with E-state index in [-0.39, 0.29) is 28.9 Å². The van der Waals surface area contributed by atoms with Crippen LogP contribution in [0, 0.1) is 5.92 Å². The number of aliphatic hydroxyl groups is 1. The van der Waals surface area contributed by atoms with Crippen LogP contribution in [0.2, 0.25) is 0 Å². The Kier molecular flexibility index (Phi) is 6.31. The number of hydrogen-bond donors (Lipinski definition) is 2. The van der Waals surface area contributed by atoms with Crippen molar-refractivity contribution in [3.8, 4) is 0 Å². The quantitative estimate of drug-likeness (QED) is 0.729. The van der Waals surface area contributed by atoms with Crippen LogP contribution in [0.5, 0.6) is 0 Å². The highest BCUT2D eigenvalue weighted by Crippen LogP contribution is 2.24. The Labute approximate surface area is 167 Å². The van der Waals surface area contributed by atoms with E-state index in [9.17, 15) is 18.3 Å². The second-order valence-corrected chi connectivity index (χ2v) is 9.40. The molecule has 1 aliphatic heterocycles. The van der Waals surface area contributed by atoms with Gasteiger partial charge >= 0.3 is 0 Å². The Morgan fingerprint density at radius 2 is 2.00 bits per heavy atom. The van der Waals surface area contributed by atoms with Crippen LogP contribution in [-0.4, -0.2) is 43.4 Å². The van der Waals surface area contributed by atoms with Gasteiger partial charge in [-0.15, -0.1) is 0 Å². The predicted molar refractivity (Wildman–Crippen MR) is 107 cm³/mol. The van der Waals surface area contributed by atoms with Crippen LogP contribution in [0.15, 0.2) is 57.9 Å². The van der Waals surface area contributed by atoms with Crippen molar-refractivity contribution >= 4 is 37.5 Å². The number of piperidine rings is 1. The Morgan fingerprint density at radius 1 is 1.22 bits per heavy atom. The lowest BCUT2D eigenvalue weighted by Crippen LogP contribution is -2.40. The Morgan fingerprint density at radius 3 is 2.74 bits per heavy atom. The highest BCUT2D eigenvalue weighted by atomic mass is 79.9. The number of benzene rings is 2. The van der Waals surface area contributed by atoms with Gasteiger partial charge in [-0.05, 0) is 55.2 Å². The number of carbonyl (C=O) groups is 1. The number of rotatable bonds is 5. The van der Waals surface area contributed by atoms with Crippen LogP contribution >= 0.6 is 15.9 Å². The molecule has 6 nitrogen and oxygen atoms in total. The average Bonchev–Trinajstić information content (AvgIpc) is 2.68. The molecule has 1 atom stereocenters. The first-order chi connectivity index (χ1) is 12.9. The molecule has 1 heterocycles. The number of sulfonamides is 1. The lowest BCUT2D eigenvalue weighted by atomic mass is 10.0. The third-order valence-electron chi connectivity index (χ3n) is 4.56. The summed E-state index contributed by atoms with van der Waals surface area (Å²) in [6.45, 7) is 0.696. The van der Waals surface area contributed by atoms with E-state index in [2.05, 4.69) is 21.2 Å². The second-order valence-electron chi connectivity index (χ2n) is 6.55. The largest absolute Gasteiger partial charge is 0.396 e. The van der Waals surface area contributed by atoms with Crippen molar-refractivity contribution < 1.29 is 18.3 Å². The molecule has 3 rings (SSSR count). The Hall–Kier alpha value is -1.74. The van der Waals surface area contributed by atoms with Gasteiger partial charge in [0.2, 0.25) is 10.0 Å². The number of amides is 1. The first-order valence-electron chi connectivity index (χ1n) is 8.68. The van der Waals surface area contributed by atoms with E-state index in [1.807, 2.05) is 6.07 Å². The van der Waals surface area contributed by atoms with Crippen molar-refractivity contribution in [3.05, 3.63) is 58.6 Å². The van der Waals surface area contributed by atoms with Crippen molar-refractivity contribution in [2.45, 2.75) is 17.7 Å². The van der Waals surface area contributed by atoms with E-state index in [0.29, 0.717) is 25.2 Å². The molecule has 1 unspecified atom stereocenters. The fraction of sp³-hybridized carbons (Fsp3) is 0.316. The smallest absolute Gasteiger partial charge is 0.255 e. The zero-order chi connectivity index (χ0) is 19.4. The first kappa shape index (κ1) is 20.0. The van der Waals surface area contributed by atoms with Gasteiger partial charge in [-0.25, -0.2) is 8.42 Å². The zero-order valence-electron chi connectivity index (χ0n) is 14.6. The minimum Gasteiger partial charge on any atom is -0.396 e. The van der Waals surface area contributed by atoms with Crippen molar-refractivity contribution in [2.24, 2.45) is 5.92 Å². The molecule has 144 valence electrons. The maximum Gasteiger partial charge on any atom is 0.255 e. The third kappa shape index (κ3) is 4.76. The fourth-order valence-corrected chi connectivity index (χ4v) is 5.11. The van der Waals surface area contributed by atoms with Gasteiger partial charge in [-0.3, -0.25) is 4.79 Å². The first-order valence-corrected chi connectivity index (χ1v) is 10.9. The van der Waals surface area contributed by atoms with Crippen LogP contribution in [0.1, 0.15) is 23.2 Å². The molecular formula is C19H21BrN2O4S. The number of hydrogen-bond acceptors (Lipinski definition) is 4. The van der Waals surface area contributed by atoms with Crippen molar-refractivity contribution in [1.29, 1.82) is 0 Å². The molecule has 0 aliphatic carbocycles. The Balaban J connectivity index is 1.81.